The number of aryl methyl sites for hydroxylation is 1. The maximum atomic E-state index is 12.4. The maximum absolute atomic E-state index is 12.4. The minimum atomic E-state index is -0.489. The predicted molar refractivity (Wildman–Crippen MR) is 77.2 cm³/mol. The topological polar surface area (TPSA) is 62.3 Å². The number of nitrogens with one attached hydrogen (secondary N) is 1. The monoisotopic (exact) mass is 275 g/mol. The van der Waals surface area contributed by atoms with Crippen LogP contribution in [0.1, 0.15) is 38.8 Å². The summed E-state index contributed by atoms with van der Waals surface area (Å²) in [4.78, 5) is 30.2. The summed E-state index contributed by atoms with van der Waals surface area (Å²) in [6, 6.07) is 5.10. The molecule has 1 fully saturated rings. The lowest BCUT2D eigenvalue weighted by molar-refractivity contribution is -0.141. The van der Waals surface area contributed by atoms with E-state index in [1.807, 2.05) is 39.0 Å². The molecule has 0 saturated carbocycles. The van der Waals surface area contributed by atoms with Crippen LogP contribution < -0.4 is 5.32 Å². The molecule has 2 amide bonds. The summed E-state index contributed by atoms with van der Waals surface area (Å²) in [5, 5.41) is 3.07. The molecule has 5 nitrogen and oxygen atoms in total. The molecule has 5 heteroatoms. The van der Waals surface area contributed by atoms with Crippen molar-refractivity contribution in [2.75, 3.05) is 5.32 Å². The summed E-state index contributed by atoms with van der Waals surface area (Å²) < 4.78 is 0. The molecule has 0 radical (unpaired) electrons. The lowest BCUT2D eigenvalue weighted by atomic mass is 10.1. The van der Waals surface area contributed by atoms with E-state index in [1.165, 1.54) is 4.90 Å². The largest absolute Gasteiger partial charge is 0.358 e. The van der Waals surface area contributed by atoms with Gasteiger partial charge in [-0.25, -0.2) is 4.98 Å². The molecular weight excluding hydrogens is 254 g/mol. The Labute approximate surface area is 119 Å². The van der Waals surface area contributed by atoms with Gasteiger partial charge in [0, 0.05) is 11.7 Å². The molecule has 1 N–H and O–H groups in total. The number of anilines is 1. The molecule has 2 heterocycles. The predicted octanol–water partition coefficient (Wildman–Crippen LogP) is 2.12. The Bertz CT molecular complexity index is 512. The van der Waals surface area contributed by atoms with Crippen LogP contribution in [0.3, 0.4) is 0 Å². The van der Waals surface area contributed by atoms with Gasteiger partial charge in [0.2, 0.25) is 5.91 Å². The number of carbonyl (C=O) groups is 2. The second kappa shape index (κ2) is 6.03. The molecular formula is C15H21N3O2. The Morgan fingerprint density at radius 1 is 1.35 bits per heavy atom. The van der Waals surface area contributed by atoms with E-state index in [4.69, 9.17) is 0 Å². The molecule has 1 aromatic heterocycles. The van der Waals surface area contributed by atoms with Gasteiger partial charge in [-0.05, 0) is 31.9 Å². The Balaban J connectivity index is 2.12. The van der Waals surface area contributed by atoms with E-state index in [1.54, 1.807) is 0 Å². The molecule has 1 aliphatic rings. The van der Waals surface area contributed by atoms with E-state index in [9.17, 15) is 9.59 Å². The Kier molecular flexibility index (Phi) is 4.37. The van der Waals surface area contributed by atoms with Gasteiger partial charge in [0.25, 0.3) is 5.91 Å². The highest BCUT2D eigenvalue weighted by molar-refractivity contribution is 6.07. The number of aromatic nitrogens is 1. The summed E-state index contributed by atoms with van der Waals surface area (Å²) in [7, 11) is 0. The van der Waals surface area contributed by atoms with Crippen molar-refractivity contribution in [3.63, 3.8) is 0 Å². The summed E-state index contributed by atoms with van der Waals surface area (Å²) >= 11 is 0. The van der Waals surface area contributed by atoms with E-state index >= 15 is 0 Å². The molecule has 1 aromatic rings. The first-order chi connectivity index (χ1) is 9.56. The van der Waals surface area contributed by atoms with Crippen LogP contribution in [0.2, 0.25) is 0 Å². The SMILES string of the molecule is CCC(CC)N1C(=O)CC(Nc2cccc(C)n2)C1=O. The fourth-order valence-electron chi connectivity index (χ4n) is 2.60. The van der Waals surface area contributed by atoms with Crippen molar-refractivity contribution < 1.29 is 9.59 Å². The second-order valence-electron chi connectivity index (χ2n) is 5.14. The third-order valence-corrected chi connectivity index (χ3v) is 3.70. The number of imide groups is 1. The zero-order chi connectivity index (χ0) is 14.7. The van der Waals surface area contributed by atoms with Crippen molar-refractivity contribution in [2.45, 2.75) is 52.1 Å². The quantitative estimate of drug-likeness (QED) is 0.836. The fourth-order valence-corrected chi connectivity index (χ4v) is 2.60. The van der Waals surface area contributed by atoms with Gasteiger partial charge in [0.1, 0.15) is 11.9 Å². The summed E-state index contributed by atoms with van der Waals surface area (Å²) in [5.41, 5.74) is 0.878. The van der Waals surface area contributed by atoms with Crippen molar-refractivity contribution in [2.24, 2.45) is 0 Å². The van der Waals surface area contributed by atoms with Crippen LogP contribution in [-0.4, -0.2) is 33.8 Å². The van der Waals surface area contributed by atoms with Crippen LogP contribution in [0.5, 0.6) is 0 Å². The Morgan fingerprint density at radius 3 is 2.65 bits per heavy atom. The summed E-state index contributed by atoms with van der Waals surface area (Å²) in [6.07, 6.45) is 1.80. The van der Waals surface area contributed by atoms with Crippen LogP contribution >= 0.6 is 0 Å². The Morgan fingerprint density at radius 2 is 2.05 bits per heavy atom. The maximum Gasteiger partial charge on any atom is 0.252 e. The molecule has 1 unspecified atom stereocenters. The molecule has 108 valence electrons. The number of hydrogen-bond donors (Lipinski definition) is 1. The molecule has 1 saturated heterocycles. The van der Waals surface area contributed by atoms with E-state index in [0.29, 0.717) is 5.82 Å². The first-order valence-electron chi connectivity index (χ1n) is 7.12. The normalized spacial score (nSPS) is 19.0. The molecule has 2 rings (SSSR count). The summed E-state index contributed by atoms with van der Waals surface area (Å²) in [5.74, 6) is 0.420. The van der Waals surface area contributed by atoms with E-state index in [-0.39, 0.29) is 24.3 Å². The number of hydrogen-bond acceptors (Lipinski definition) is 4. The van der Waals surface area contributed by atoms with Crippen LogP contribution in [0.25, 0.3) is 0 Å². The van der Waals surface area contributed by atoms with Crippen molar-refractivity contribution in [1.29, 1.82) is 0 Å². The summed E-state index contributed by atoms with van der Waals surface area (Å²) in [6.45, 7) is 5.89. The number of pyridine rings is 1. The number of rotatable bonds is 5. The first kappa shape index (κ1) is 14.5. The highest BCUT2D eigenvalue weighted by Gasteiger charge is 2.41. The van der Waals surface area contributed by atoms with Crippen LogP contribution in [0.15, 0.2) is 18.2 Å². The molecule has 0 bridgehead atoms. The van der Waals surface area contributed by atoms with E-state index in [0.717, 1.165) is 18.5 Å². The van der Waals surface area contributed by atoms with Gasteiger partial charge < -0.3 is 5.32 Å². The fraction of sp³-hybridized carbons (Fsp3) is 0.533. The van der Waals surface area contributed by atoms with E-state index < -0.39 is 6.04 Å². The van der Waals surface area contributed by atoms with Crippen molar-refractivity contribution in [3.8, 4) is 0 Å². The second-order valence-corrected chi connectivity index (χ2v) is 5.14. The van der Waals surface area contributed by atoms with Crippen molar-refractivity contribution in [1.82, 2.24) is 9.88 Å². The highest BCUT2D eigenvalue weighted by atomic mass is 16.2. The van der Waals surface area contributed by atoms with Gasteiger partial charge in [-0.3, -0.25) is 14.5 Å². The Hall–Kier alpha value is -1.91. The smallest absolute Gasteiger partial charge is 0.252 e. The number of likely N-dealkylation sites (tertiary alicyclic amines) is 1. The van der Waals surface area contributed by atoms with Crippen molar-refractivity contribution in [3.05, 3.63) is 23.9 Å². The van der Waals surface area contributed by atoms with Gasteiger partial charge in [0.15, 0.2) is 0 Å². The van der Waals surface area contributed by atoms with Crippen LogP contribution in [0, 0.1) is 6.92 Å². The van der Waals surface area contributed by atoms with Gasteiger partial charge in [0.05, 0.1) is 6.42 Å². The standard InChI is InChI=1S/C15H21N3O2/c1-4-11(5-2)18-14(19)9-12(15(18)20)17-13-8-6-7-10(3)16-13/h6-8,11-12H,4-5,9H2,1-3H3,(H,16,17). The zero-order valence-corrected chi connectivity index (χ0v) is 12.2. The average molecular weight is 275 g/mol. The molecule has 20 heavy (non-hydrogen) atoms. The number of carbonyl (C=O) groups excluding carboxylic acids is 2. The lowest BCUT2D eigenvalue weighted by Gasteiger charge is -2.24. The van der Waals surface area contributed by atoms with Gasteiger partial charge in [-0.1, -0.05) is 19.9 Å². The zero-order valence-electron chi connectivity index (χ0n) is 12.2. The first-order valence-corrected chi connectivity index (χ1v) is 7.12. The third kappa shape index (κ3) is 2.81. The highest BCUT2D eigenvalue weighted by Crippen LogP contribution is 2.22. The van der Waals surface area contributed by atoms with Gasteiger partial charge in [-0.2, -0.15) is 0 Å². The number of amides is 2. The molecule has 0 aliphatic carbocycles. The average Bonchev–Trinajstić information content (AvgIpc) is 2.68. The van der Waals surface area contributed by atoms with Crippen LogP contribution in [0.4, 0.5) is 5.82 Å². The van der Waals surface area contributed by atoms with Crippen LogP contribution in [-0.2, 0) is 9.59 Å². The van der Waals surface area contributed by atoms with E-state index in [2.05, 4.69) is 10.3 Å². The van der Waals surface area contributed by atoms with Gasteiger partial charge in [-0.15, -0.1) is 0 Å². The molecule has 1 atom stereocenters. The lowest BCUT2D eigenvalue weighted by Crippen LogP contribution is -2.41. The molecule has 0 aromatic carbocycles. The third-order valence-electron chi connectivity index (χ3n) is 3.70. The molecule has 1 aliphatic heterocycles. The minimum Gasteiger partial charge on any atom is -0.358 e. The minimum absolute atomic E-state index is 0.00673. The van der Waals surface area contributed by atoms with Crippen molar-refractivity contribution >= 4 is 17.6 Å². The van der Waals surface area contributed by atoms with Gasteiger partial charge >= 0.3 is 0 Å². The molecule has 0 spiro atoms. The number of nitrogens with zero attached hydrogens (tertiary/aromatic N) is 2.